The van der Waals surface area contributed by atoms with E-state index in [1.165, 1.54) is 12.8 Å². The second-order valence-corrected chi connectivity index (χ2v) is 5.43. The summed E-state index contributed by atoms with van der Waals surface area (Å²) < 4.78 is 0. The Morgan fingerprint density at radius 2 is 2.15 bits per heavy atom. The van der Waals surface area contributed by atoms with Crippen LogP contribution in [0, 0.1) is 0 Å². The number of hydrogen-bond donors (Lipinski definition) is 3. The molecule has 20 heavy (non-hydrogen) atoms. The first-order chi connectivity index (χ1) is 9.72. The number of carbonyl (C=O) groups is 2. The Hall–Kier alpha value is -1.88. The molecule has 5 nitrogen and oxygen atoms in total. The van der Waals surface area contributed by atoms with Gasteiger partial charge in [0.05, 0.1) is 6.42 Å². The average Bonchev–Trinajstić information content (AvgIpc) is 3.17. The van der Waals surface area contributed by atoms with Crippen LogP contribution in [0.1, 0.15) is 35.2 Å². The monoisotopic (exact) mass is 273 g/mol. The lowest BCUT2D eigenvalue weighted by atomic mass is 10.1. The predicted octanol–water partition coefficient (Wildman–Crippen LogP) is 1.05. The van der Waals surface area contributed by atoms with Crippen LogP contribution < -0.4 is 16.0 Å². The zero-order chi connectivity index (χ0) is 13.9. The molecule has 1 aliphatic heterocycles. The molecule has 0 saturated heterocycles. The molecule has 106 valence electrons. The molecular formula is C15H19N3O2. The molecular weight excluding hydrogens is 254 g/mol. The molecule has 0 atom stereocenters. The van der Waals surface area contributed by atoms with E-state index in [-0.39, 0.29) is 11.8 Å². The lowest BCUT2D eigenvalue weighted by Crippen LogP contribution is -2.28. The second-order valence-electron chi connectivity index (χ2n) is 5.43. The van der Waals surface area contributed by atoms with Crippen molar-refractivity contribution in [2.24, 2.45) is 0 Å². The minimum atomic E-state index is -0.0830. The van der Waals surface area contributed by atoms with Gasteiger partial charge in [-0.1, -0.05) is 6.07 Å². The van der Waals surface area contributed by atoms with Crippen LogP contribution in [0.3, 0.4) is 0 Å². The molecule has 1 aromatic carbocycles. The first kappa shape index (κ1) is 13.1. The quantitative estimate of drug-likeness (QED) is 0.679. The van der Waals surface area contributed by atoms with Crippen LogP contribution in [-0.4, -0.2) is 30.9 Å². The van der Waals surface area contributed by atoms with Gasteiger partial charge in [-0.3, -0.25) is 9.59 Å². The highest BCUT2D eigenvalue weighted by Crippen LogP contribution is 2.23. The molecule has 1 fully saturated rings. The Kier molecular flexibility index (Phi) is 3.69. The third-order valence-electron chi connectivity index (χ3n) is 3.65. The van der Waals surface area contributed by atoms with E-state index in [9.17, 15) is 9.59 Å². The Morgan fingerprint density at radius 1 is 1.30 bits per heavy atom. The van der Waals surface area contributed by atoms with E-state index < -0.39 is 0 Å². The Balaban J connectivity index is 1.47. The van der Waals surface area contributed by atoms with E-state index in [1.54, 1.807) is 12.1 Å². The summed E-state index contributed by atoms with van der Waals surface area (Å²) in [6.45, 7) is 1.62. The zero-order valence-corrected chi connectivity index (χ0v) is 11.4. The summed E-state index contributed by atoms with van der Waals surface area (Å²) in [6, 6.07) is 6.08. The van der Waals surface area contributed by atoms with Gasteiger partial charge in [0.15, 0.2) is 0 Å². The van der Waals surface area contributed by atoms with E-state index in [4.69, 9.17) is 0 Å². The van der Waals surface area contributed by atoms with Gasteiger partial charge in [0.1, 0.15) is 0 Å². The predicted molar refractivity (Wildman–Crippen MR) is 76.8 cm³/mol. The van der Waals surface area contributed by atoms with Crippen molar-refractivity contribution in [3.63, 3.8) is 0 Å². The van der Waals surface area contributed by atoms with Crippen molar-refractivity contribution in [1.29, 1.82) is 0 Å². The first-order valence-electron chi connectivity index (χ1n) is 7.17. The van der Waals surface area contributed by atoms with Crippen LogP contribution in [0.2, 0.25) is 0 Å². The van der Waals surface area contributed by atoms with Crippen molar-refractivity contribution in [3.05, 3.63) is 29.3 Å². The SMILES string of the molecule is O=C1Cc2ccc(C(=O)NCCCNC3CC3)cc2N1. The van der Waals surface area contributed by atoms with E-state index in [0.717, 1.165) is 24.2 Å². The molecule has 1 aromatic rings. The maximum Gasteiger partial charge on any atom is 0.251 e. The van der Waals surface area contributed by atoms with Gasteiger partial charge in [0.2, 0.25) is 5.91 Å². The molecule has 3 rings (SSSR count). The second kappa shape index (κ2) is 5.63. The molecule has 0 radical (unpaired) electrons. The lowest BCUT2D eigenvalue weighted by Gasteiger charge is -2.07. The van der Waals surface area contributed by atoms with Gasteiger partial charge in [-0.15, -0.1) is 0 Å². The number of anilines is 1. The number of nitrogens with one attached hydrogen (secondary N) is 3. The number of carbonyl (C=O) groups excluding carboxylic acids is 2. The zero-order valence-electron chi connectivity index (χ0n) is 11.4. The molecule has 0 aromatic heterocycles. The smallest absolute Gasteiger partial charge is 0.251 e. The van der Waals surface area contributed by atoms with Crippen LogP contribution in [0.4, 0.5) is 5.69 Å². The van der Waals surface area contributed by atoms with Crippen LogP contribution in [0.5, 0.6) is 0 Å². The molecule has 2 aliphatic rings. The van der Waals surface area contributed by atoms with Crippen molar-refractivity contribution < 1.29 is 9.59 Å². The summed E-state index contributed by atoms with van der Waals surface area (Å²) in [5.74, 6) is -0.0934. The fraction of sp³-hybridized carbons (Fsp3) is 0.467. The lowest BCUT2D eigenvalue weighted by molar-refractivity contribution is -0.115. The maximum absolute atomic E-state index is 12.0. The summed E-state index contributed by atoms with van der Waals surface area (Å²) in [6.07, 6.45) is 3.91. The number of fused-ring (bicyclic) bond motifs is 1. The van der Waals surface area contributed by atoms with Crippen molar-refractivity contribution in [2.45, 2.75) is 31.7 Å². The molecule has 1 aliphatic carbocycles. The molecule has 1 saturated carbocycles. The van der Waals surface area contributed by atoms with E-state index in [0.29, 0.717) is 24.6 Å². The Bertz CT molecular complexity index is 538. The summed E-state index contributed by atoms with van der Waals surface area (Å²) >= 11 is 0. The van der Waals surface area contributed by atoms with Gasteiger partial charge in [0, 0.05) is 23.8 Å². The maximum atomic E-state index is 12.0. The fourth-order valence-electron chi connectivity index (χ4n) is 2.34. The minimum absolute atomic E-state index is 0.0105. The summed E-state index contributed by atoms with van der Waals surface area (Å²) in [5.41, 5.74) is 2.32. The molecule has 0 bridgehead atoms. The van der Waals surface area contributed by atoms with Crippen LogP contribution in [0.15, 0.2) is 18.2 Å². The molecule has 2 amide bonds. The van der Waals surface area contributed by atoms with Gasteiger partial charge >= 0.3 is 0 Å². The van der Waals surface area contributed by atoms with Gasteiger partial charge in [-0.05, 0) is 43.5 Å². The summed E-state index contributed by atoms with van der Waals surface area (Å²) in [7, 11) is 0. The highest BCUT2D eigenvalue weighted by molar-refractivity contribution is 6.02. The Labute approximate surface area is 118 Å². The van der Waals surface area contributed by atoms with Crippen molar-refractivity contribution in [1.82, 2.24) is 10.6 Å². The number of hydrogen-bond acceptors (Lipinski definition) is 3. The van der Waals surface area contributed by atoms with E-state index in [1.807, 2.05) is 6.07 Å². The third kappa shape index (κ3) is 3.17. The molecule has 0 spiro atoms. The van der Waals surface area contributed by atoms with Crippen molar-refractivity contribution in [2.75, 3.05) is 18.4 Å². The van der Waals surface area contributed by atoms with Gasteiger partial charge < -0.3 is 16.0 Å². The van der Waals surface area contributed by atoms with E-state index >= 15 is 0 Å². The summed E-state index contributed by atoms with van der Waals surface area (Å²) in [4.78, 5) is 23.3. The molecule has 3 N–H and O–H groups in total. The summed E-state index contributed by atoms with van der Waals surface area (Å²) in [5, 5.41) is 9.07. The standard InChI is InChI=1S/C15H19N3O2/c19-14-9-10-2-3-11(8-13(10)18-14)15(20)17-7-1-6-16-12-4-5-12/h2-3,8,12,16H,1,4-7,9H2,(H,17,20)(H,18,19). The first-order valence-corrected chi connectivity index (χ1v) is 7.17. The number of benzene rings is 1. The largest absolute Gasteiger partial charge is 0.352 e. The Morgan fingerprint density at radius 3 is 2.95 bits per heavy atom. The molecule has 1 heterocycles. The number of amides is 2. The topological polar surface area (TPSA) is 70.2 Å². The van der Waals surface area contributed by atoms with E-state index in [2.05, 4.69) is 16.0 Å². The van der Waals surface area contributed by atoms with Gasteiger partial charge in [-0.2, -0.15) is 0 Å². The average molecular weight is 273 g/mol. The number of rotatable bonds is 6. The van der Waals surface area contributed by atoms with Gasteiger partial charge in [0.25, 0.3) is 5.91 Å². The van der Waals surface area contributed by atoms with Gasteiger partial charge in [-0.25, -0.2) is 0 Å². The third-order valence-corrected chi connectivity index (χ3v) is 3.65. The molecule has 5 heteroatoms. The van der Waals surface area contributed by atoms with Crippen molar-refractivity contribution in [3.8, 4) is 0 Å². The van der Waals surface area contributed by atoms with Crippen molar-refractivity contribution >= 4 is 17.5 Å². The van der Waals surface area contributed by atoms with Crippen LogP contribution in [-0.2, 0) is 11.2 Å². The highest BCUT2D eigenvalue weighted by Gasteiger charge is 2.20. The molecule has 0 unspecified atom stereocenters. The van der Waals surface area contributed by atoms with Crippen LogP contribution >= 0.6 is 0 Å². The highest BCUT2D eigenvalue weighted by atomic mass is 16.2. The normalized spacial score (nSPS) is 16.7. The fourth-order valence-corrected chi connectivity index (χ4v) is 2.34. The van der Waals surface area contributed by atoms with Crippen LogP contribution in [0.25, 0.3) is 0 Å². The minimum Gasteiger partial charge on any atom is -0.352 e.